The van der Waals surface area contributed by atoms with Crippen LogP contribution in [0, 0.1) is 6.92 Å². The Bertz CT molecular complexity index is 647. The van der Waals surface area contributed by atoms with E-state index in [1.807, 2.05) is 43.3 Å². The Morgan fingerprint density at radius 1 is 1.35 bits per heavy atom. The molecule has 0 fully saturated rings. The van der Waals surface area contributed by atoms with Gasteiger partial charge in [-0.3, -0.25) is 4.79 Å². The van der Waals surface area contributed by atoms with Crippen LogP contribution >= 0.6 is 15.9 Å². The van der Waals surface area contributed by atoms with Gasteiger partial charge in [-0.15, -0.1) is 0 Å². The zero-order valence-corrected chi connectivity index (χ0v) is 12.6. The summed E-state index contributed by atoms with van der Waals surface area (Å²) in [5.41, 5.74) is 3.76. The molecular formula is C15H14BrN3O. The van der Waals surface area contributed by atoms with Crippen molar-refractivity contribution in [1.29, 1.82) is 0 Å². The fourth-order valence-corrected chi connectivity index (χ4v) is 2.74. The van der Waals surface area contributed by atoms with Crippen molar-refractivity contribution in [3.05, 3.63) is 52.3 Å². The van der Waals surface area contributed by atoms with Crippen molar-refractivity contribution >= 4 is 33.2 Å². The molecule has 1 aliphatic rings. The number of carbonyl (C=O) groups excluding carboxylic acids is 1. The van der Waals surface area contributed by atoms with Gasteiger partial charge in [0, 0.05) is 12.1 Å². The molecule has 4 nitrogen and oxygen atoms in total. The largest absolute Gasteiger partial charge is 0.373 e. The highest BCUT2D eigenvalue weighted by Crippen LogP contribution is 2.26. The lowest BCUT2D eigenvalue weighted by molar-refractivity contribution is -0.116. The quantitative estimate of drug-likeness (QED) is 0.831. The smallest absolute Gasteiger partial charge is 0.247 e. The van der Waals surface area contributed by atoms with Crippen LogP contribution in [0.5, 0.6) is 0 Å². The van der Waals surface area contributed by atoms with Crippen molar-refractivity contribution in [3.63, 3.8) is 0 Å². The maximum atomic E-state index is 12.3. The summed E-state index contributed by atoms with van der Waals surface area (Å²) in [6, 6.07) is 11.4. The number of para-hydroxylation sites is 1. The Labute approximate surface area is 125 Å². The number of aryl methyl sites for hydroxylation is 1. The number of carbonyl (C=O) groups is 1. The highest BCUT2D eigenvalue weighted by molar-refractivity contribution is 9.10. The summed E-state index contributed by atoms with van der Waals surface area (Å²) in [6.07, 6.45) is 0.713. The molecule has 2 N–H and O–H groups in total. The van der Waals surface area contributed by atoms with E-state index >= 15 is 0 Å². The van der Waals surface area contributed by atoms with E-state index in [0.717, 1.165) is 21.7 Å². The van der Waals surface area contributed by atoms with Crippen LogP contribution < -0.4 is 10.6 Å². The number of pyridine rings is 1. The van der Waals surface area contributed by atoms with Crippen molar-refractivity contribution in [2.75, 3.05) is 10.6 Å². The molecule has 3 rings (SSSR count). The minimum atomic E-state index is -0.226. The maximum absolute atomic E-state index is 12.3. The molecule has 2 aromatic rings. The van der Waals surface area contributed by atoms with Crippen LogP contribution in [0.2, 0.25) is 0 Å². The lowest BCUT2D eigenvalue weighted by atomic mass is 10.1. The summed E-state index contributed by atoms with van der Waals surface area (Å²) in [7, 11) is 0. The normalized spacial score (nSPS) is 16.4. The third-order valence-corrected chi connectivity index (χ3v) is 3.84. The maximum Gasteiger partial charge on any atom is 0.247 e. The Kier molecular flexibility index (Phi) is 3.44. The number of nitrogens with zero attached hydrogens (tertiary/aromatic N) is 1. The minimum Gasteiger partial charge on any atom is -0.373 e. The van der Waals surface area contributed by atoms with Gasteiger partial charge in [0.05, 0.1) is 11.4 Å². The monoisotopic (exact) mass is 331 g/mol. The summed E-state index contributed by atoms with van der Waals surface area (Å²) in [5.74, 6) is -0.0339. The summed E-state index contributed by atoms with van der Waals surface area (Å²) < 4.78 is 0.763. The molecule has 0 aliphatic carbocycles. The second-order valence-electron chi connectivity index (χ2n) is 4.81. The van der Waals surface area contributed by atoms with E-state index in [4.69, 9.17) is 0 Å². The average Bonchev–Trinajstić information content (AvgIpc) is 2.86. The van der Waals surface area contributed by atoms with Gasteiger partial charge >= 0.3 is 0 Å². The molecule has 0 bridgehead atoms. The number of amides is 1. The van der Waals surface area contributed by atoms with Crippen molar-refractivity contribution in [1.82, 2.24) is 4.98 Å². The van der Waals surface area contributed by atoms with E-state index in [-0.39, 0.29) is 11.9 Å². The van der Waals surface area contributed by atoms with Crippen molar-refractivity contribution in [2.45, 2.75) is 19.4 Å². The summed E-state index contributed by atoms with van der Waals surface area (Å²) in [5, 5.41) is 6.17. The number of halogens is 1. The Hall–Kier alpha value is -1.88. The van der Waals surface area contributed by atoms with E-state index in [1.54, 1.807) is 0 Å². The molecule has 0 saturated carbocycles. The van der Waals surface area contributed by atoms with Crippen LogP contribution in [0.4, 0.5) is 11.4 Å². The number of fused-ring (bicyclic) bond motifs is 1. The molecule has 1 aromatic carbocycles. The van der Waals surface area contributed by atoms with Gasteiger partial charge in [0.25, 0.3) is 0 Å². The van der Waals surface area contributed by atoms with E-state index < -0.39 is 0 Å². The van der Waals surface area contributed by atoms with Gasteiger partial charge in [-0.05, 0) is 46.6 Å². The zero-order valence-electron chi connectivity index (χ0n) is 11.0. The lowest BCUT2D eigenvalue weighted by Crippen LogP contribution is -2.33. The Morgan fingerprint density at radius 3 is 2.90 bits per heavy atom. The molecule has 0 spiro atoms. The Balaban J connectivity index is 1.72. The van der Waals surface area contributed by atoms with E-state index in [1.165, 1.54) is 5.56 Å². The number of hydrogen-bond donors (Lipinski definition) is 2. The number of rotatable bonds is 2. The van der Waals surface area contributed by atoms with Crippen LogP contribution in [0.1, 0.15) is 11.3 Å². The molecule has 1 aromatic heterocycles. The lowest BCUT2D eigenvalue weighted by Gasteiger charge is -2.13. The van der Waals surface area contributed by atoms with Crippen LogP contribution in [-0.2, 0) is 11.2 Å². The van der Waals surface area contributed by atoms with Crippen LogP contribution in [-0.4, -0.2) is 16.9 Å². The molecule has 0 saturated heterocycles. The van der Waals surface area contributed by atoms with Crippen molar-refractivity contribution < 1.29 is 4.79 Å². The standard InChI is InChI=1S/C15H14BrN3O/c1-9-11(6-7-14(16)17-9)19-15(20)13-8-10-4-2-3-5-12(10)18-13/h2-7,13,18H,8H2,1H3,(H,19,20). The second-order valence-corrected chi connectivity index (χ2v) is 5.63. The highest BCUT2D eigenvalue weighted by atomic mass is 79.9. The number of benzene rings is 1. The van der Waals surface area contributed by atoms with E-state index in [9.17, 15) is 4.79 Å². The van der Waals surface area contributed by atoms with Crippen LogP contribution in [0.25, 0.3) is 0 Å². The first kappa shape index (κ1) is 13.1. The van der Waals surface area contributed by atoms with Crippen LogP contribution in [0.15, 0.2) is 41.0 Å². The zero-order chi connectivity index (χ0) is 14.1. The predicted molar refractivity (Wildman–Crippen MR) is 82.9 cm³/mol. The molecule has 2 heterocycles. The molecule has 1 aliphatic heterocycles. The van der Waals surface area contributed by atoms with Gasteiger partial charge in [-0.25, -0.2) is 4.98 Å². The number of nitrogens with one attached hydrogen (secondary N) is 2. The average molecular weight is 332 g/mol. The molecule has 0 radical (unpaired) electrons. The third-order valence-electron chi connectivity index (χ3n) is 3.40. The number of aromatic nitrogens is 1. The Morgan fingerprint density at radius 2 is 2.15 bits per heavy atom. The molecule has 1 unspecified atom stereocenters. The van der Waals surface area contributed by atoms with Gasteiger partial charge in [0.2, 0.25) is 5.91 Å². The van der Waals surface area contributed by atoms with Gasteiger partial charge < -0.3 is 10.6 Å². The predicted octanol–water partition coefficient (Wildman–Crippen LogP) is 3.13. The topological polar surface area (TPSA) is 54.0 Å². The van der Waals surface area contributed by atoms with Crippen molar-refractivity contribution in [3.8, 4) is 0 Å². The first-order valence-electron chi connectivity index (χ1n) is 6.42. The van der Waals surface area contributed by atoms with Gasteiger partial charge in [-0.2, -0.15) is 0 Å². The summed E-state index contributed by atoms with van der Waals surface area (Å²) in [6.45, 7) is 1.87. The molecule has 5 heteroatoms. The van der Waals surface area contributed by atoms with Crippen molar-refractivity contribution in [2.24, 2.45) is 0 Å². The molecule has 102 valence electrons. The molecule has 20 heavy (non-hydrogen) atoms. The van der Waals surface area contributed by atoms with Gasteiger partial charge in [0.15, 0.2) is 0 Å². The second kappa shape index (κ2) is 5.25. The third kappa shape index (κ3) is 2.54. The first-order valence-corrected chi connectivity index (χ1v) is 7.21. The fraction of sp³-hybridized carbons (Fsp3) is 0.200. The molecular weight excluding hydrogens is 318 g/mol. The SMILES string of the molecule is Cc1nc(Br)ccc1NC(=O)C1Cc2ccccc2N1. The summed E-state index contributed by atoms with van der Waals surface area (Å²) >= 11 is 3.31. The number of anilines is 2. The first-order chi connectivity index (χ1) is 9.63. The minimum absolute atomic E-state index is 0.0339. The van der Waals surface area contributed by atoms with Crippen LogP contribution in [0.3, 0.4) is 0 Å². The number of hydrogen-bond acceptors (Lipinski definition) is 3. The summed E-state index contributed by atoms with van der Waals surface area (Å²) in [4.78, 5) is 16.6. The fourth-order valence-electron chi connectivity index (χ4n) is 2.34. The van der Waals surface area contributed by atoms with Gasteiger partial charge in [-0.1, -0.05) is 18.2 Å². The van der Waals surface area contributed by atoms with E-state index in [0.29, 0.717) is 6.42 Å². The van der Waals surface area contributed by atoms with Gasteiger partial charge in [0.1, 0.15) is 10.6 Å². The molecule has 1 atom stereocenters. The molecule has 1 amide bonds. The van der Waals surface area contributed by atoms with E-state index in [2.05, 4.69) is 31.5 Å². The highest BCUT2D eigenvalue weighted by Gasteiger charge is 2.26.